The third-order valence-electron chi connectivity index (χ3n) is 2.54. The van der Waals surface area contributed by atoms with E-state index in [2.05, 4.69) is 14.9 Å². The van der Waals surface area contributed by atoms with Gasteiger partial charge < -0.3 is 14.4 Å². The van der Waals surface area contributed by atoms with Gasteiger partial charge in [0.1, 0.15) is 18.2 Å². The highest BCUT2D eigenvalue weighted by Crippen LogP contribution is 2.29. The van der Waals surface area contributed by atoms with Crippen molar-refractivity contribution in [3.8, 4) is 0 Å². The third kappa shape index (κ3) is 1.60. The van der Waals surface area contributed by atoms with Crippen molar-refractivity contribution >= 4 is 17.6 Å². The first-order chi connectivity index (χ1) is 7.93. The highest BCUT2D eigenvalue weighted by Gasteiger charge is 2.21. The van der Waals surface area contributed by atoms with Gasteiger partial charge in [-0.25, -0.2) is 0 Å². The monoisotopic (exact) mass is 217 g/mol. The van der Waals surface area contributed by atoms with Gasteiger partial charge in [0.15, 0.2) is 0 Å². The lowest BCUT2D eigenvalue weighted by atomic mass is 10.2. The zero-order chi connectivity index (χ0) is 10.8. The second-order valence-electron chi connectivity index (χ2n) is 3.55. The van der Waals surface area contributed by atoms with E-state index in [9.17, 15) is 0 Å². The molecule has 5 heteroatoms. The van der Waals surface area contributed by atoms with E-state index < -0.39 is 0 Å². The summed E-state index contributed by atoms with van der Waals surface area (Å²) in [5.41, 5.74) is 1.95. The van der Waals surface area contributed by atoms with Crippen LogP contribution in [0.1, 0.15) is 0 Å². The van der Waals surface area contributed by atoms with Gasteiger partial charge in [0.2, 0.25) is 0 Å². The predicted octanol–water partition coefficient (Wildman–Crippen LogP) is 1.45. The summed E-state index contributed by atoms with van der Waals surface area (Å²) < 4.78 is 10.5. The molecule has 0 radical (unpaired) electrons. The number of ether oxygens (including phenoxy) is 2. The minimum Gasteiger partial charge on any atom is -0.457 e. The Morgan fingerprint density at radius 3 is 3.12 bits per heavy atom. The number of hydrogen-bond acceptors (Lipinski definition) is 5. The summed E-state index contributed by atoms with van der Waals surface area (Å²) in [5.74, 6) is 0. The van der Waals surface area contributed by atoms with Crippen LogP contribution in [0.25, 0.3) is 0 Å². The van der Waals surface area contributed by atoms with Crippen LogP contribution >= 0.6 is 0 Å². The normalized spacial score (nSPS) is 18.1. The van der Waals surface area contributed by atoms with Crippen LogP contribution in [0.4, 0.5) is 11.4 Å². The Bertz CT molecular complexity index is 437. The van der Waals surface area contributed by atoms with Gasteiger partial charge in [-0.3, -0.25) is 9.98 Å². The molecule has 82 valence electrons. The van der Waals surface area contributed by atoms with Gasteiger partial charge >= 0.3 is 0 Å². The van der Waals surface area contributed by atoms with Crippen LogP contribution in [0, 0.1) is 0 Å². The van der Waals surface area contributed by atoms with E-state index in [4.69, 9.17) is 9.47 Å². The van der Waals surface area contributed by atoms with E-state index in [0.29, 0.717) is 6.54 Å². The molecule has 0 saturated carbocycles. The number of hydrogen-bond donors (Lipinski definition) is 0. The molecule has 0 N–H and O–H groups in total. The topological polar surface area (TPSA) is 47.0 Å². The Hall–Kier alpha value is -2.04. The van der Waals surface area contributed by atoms with Gasteiger partial charge in [0.05, 0.1) is 25.0 Å². The maximum absolute atomic E-state index is 5.27. The summed E-state index contributed by atoms with van der Waals surface area (Å²) in [6, 6.07) is 1.95. The summed E-state index contributed by atoms with van der Waals surface area (Å²) in [6.07, 6.45) is 8.29. The molecule has 2 aliphatic heterocycles. The van der Waals surface area contributed by atoms with Crippen molar-refractivity contribution in [2.45, 2.75) is 6.29 Å². The van der Waals surface area contributed by atoms with Crippen LogP contribution in [0.15, 0.2) is 36.0 Å². The molecule has 0 spiro atoms. The minimum atomic E-state index is -0.229. The Morgan fingerprint density at radius 1 is 1.38 bits per heavy atom. The summed E-state index contributed by atoms with van der Waals surface area (Å²) in [4.78, 5) is 10.5. The highest BCUT2D eigenvalue weighted by molar-refractivity contribution is 5.80. The number of aromatic nitrogens is 1. The molecule has 0 atom stereocenters. The first-order valence-corrected chi connectivity index (χ1v) is 5.11. The van der Waals surface area contributed by atoms with E-state index in [0.717, 1.165) is 17.9 Å². The average molecular weight is 217 g/mol. The van der Waals surface area contributed by atoms with Crippen molar-refractivity contribution in [1.82, 2.24) is 4.98 Å². The van der Waals surface area contributed by atoms with Gasteiger partial charge in [0, 0.05) is 12.4 Å². The van der Waals surface area contributed by atoms with Gasteiger partial charge in [-0.1, -0.05) is 0 Å². The molecule has 2 aliphatic rings. The number of anilines is 1. The minimum absolute atomic E-state index is 0.229. The van der Waals surface area contributed by atoms with Crippen LogP contribution < -0.4 is 4.90 Å². The molecule has 0 amide bonds. The highest BCUT2D eigenvalue weighted by atomic mass is 16.7. The molecule has 0 aromatic carbocycles. The molecule has 0 bridgehead atoms. The fourth-order valence-electron chi connectivity index (χ4n) is 1.79. The van der Waals surface area contributed by atoms with Crippen LogP contribution in [-0.2, 0) is 9.47 Å². The molecule has 0 fully saturated rings. The second kappa shape index (κ2) is 3.84. The van der Waals surface area contributed by atoms with Crippen molar-refractivity contribution in [1.29, 1.82) is 0 Å². The van der Waals surface area contributed by atoms with Gasteiger partial charge in [0.25, 0.3) is 6.29 Å². The maximum Gasteiger partial charge on any atom is 0.256 e. The fourth-order valence-corrected chi connectivity index (χ4v) is 1.79. The number of nitrogens with zero attached hydrogens (tertiary/aromatic N) is 3. The number of fused-ring (bicyclic) bond motifs is 1. The zero-order valence-corrected chi connectivity index (χ0v) is 8.61. The molecule has 0 saturated heterocycles. The lowest BCUT2D eigenvalue weighted by Gasteiger charge is -2.28. The van der Waals surface area contributed by atoms with Crippen LogP contribution in [0.2, 0.25) is 0 Å². The van der Waals surface area contributed by atoms with E-state index in [1.54, 1.807) is 24.9 Å². The smallest absolute Gasteiger partial charge is 0.256 e. The molecule has 1 aromatic heterocycles. The molecule has 16 heavy (non-hydrogen) atoms. The number of pyridine rings is 1. The summed E-state index contributed by atoms with van der Waals surface area (Å²) >= 11 is 0. The first-order valence-electron chi connectivity index (χ1n) is 5.11. The third-order valence-corrected chi connectivity index (χ3v) is 2.54. The molecule has 3 rings (SSSR count). The molecule has 0 aliphatic carbocycles. The van der Waals surface area contributed by atoms with E-state index in [1.165, 1.54) is 0 Å². The predicted molar refractivity (Wildman–Crippen MR) is 59.7 cm³/mol. The largest absolute Gasteiger partial charge is 0.457 e. The van der Waals surface area contributed by atoms with Crippen LogP contribution in [0.3, 0.4) is 0 Å². The SMILES string of the molecule is C1=COC(CN2CC=Nc3cnccc32)O1. The summed E-state index contributed by atoms with van der Waals surface area (Å²) in [5, 5.41) is 0. The van der Waals surface area contributed by atoms with Crippen molar-refractivity contribution in [2.75, 3.05) is 18.0 Å². The molecule has 5 nitrogen and oxygen atoms in total. The Labute approximate surface area is 93.0 Å². The zero-order valence-electron chi connectivity index (χ0n) is 8.61. The lowest BCUT2D eigenvalue weighted by Crippen LogP contribution is -2.35. The Kier molecular flexibility index (Phi) is 2.21. The fraction of sp³-hybridized carbons (Fsp3) is 0.273. The number of aliphatic imine (C=N–C) groups is 1. The van der Waals surface area contributed by atoms with E-state index in [-0.39, 0.29) is 6.29 Å². The van der Waals surface area contributed by atoms with E-state index >= 15 is 0 Å². The first kappa shape index (κ1) is 9.21. The summed E-state index contributed by atoms with van der Waals surface area (Å²) in [7, 11) is 0. The Morgan fingerprint density at radius 2 is 2.25 bits per heavy atom. The van der Waals surface area contributed by atoms with Crippen LogP contribution in [-0.4, -0.2) is 30.6 Å². The Balaban J connectivity index is 1.79. The standard InChI is InChI=1S/C11H11N3O2/c1-2-12-7-9-10(1)14(4-3-13-9)8-11-15-5-6-16-11/h1-3,5-7,11H,4,8H2. The summed E-state index contributed by atoms with van der Waals surface area (Å²) in [6.45, 7) is 1.44. The molecule has 1 aromatic rings. The van der Waals surface area contributed by atoms with Crippen LogP contribution in [0.5, 0.6) is 0 Å². The maximum atomic E-state index is 5.27. The van der Waals surface area contributed by atoms with Gasteiger partial charge in [-0.05, 0) is 6.07 Å². The van der Waals surface area contributed by atoms with Gasteiger partial charge in [-0.15, -0.1) is 0 Å². The van der Waals surface area contributed by atoms with E-state index in [1.807, 2.05) is 12.3 Å². The molecular formula is C11H11N3O2. The molecule has 3 heterocycles. The van der Waals surface area contributed by atoms with Crippen molar-refractivity contribution in [3.63, 3.8) is 0 Å². The van der Waals surface area contributed by atoms with Crippen molar-refractivity contribution in [3.05, 3.63) is 31.0 Å². The van der Waals surface area contributed by atoms with Gasteiger partial charge in [-0.2, -0.15) is 0 Å². The average Bonchev–Trinajstić information content (AvgIpc) is 2.82. The lowest BCUT2D eigenvalue weighted by molar-refractivity contribution is -0.0147. The van der Waals surface area contributed by atoms with Crippen molar-refractivity contribution in [2.24, 2.45) is 4.99 Å². The molecule has 0 unspecified atom stereocenters. The van der Waals surface area contributed by atoms with Crippen molar-refractivity contribution < 1.29 is 9.47 Å². The number of rotatable bonds is 2. The molecular weight excluding hydrogens is 206 g/mol. The quantitative estimate of drug-likeness (QED) is 0.752. The second-order valence-corrected chi connectivity index (χ2v) is 3.55.